The number of rotatable bonds is 7. The van der Waals surface area contributed by atoms with Crippen LogP contribution in [0.1, 0.15) is 12.8 Å². The Morgan fingerprint density at radius 3 is 2.06 bits per heavy atom. The minimum atomic E-state index is -0.456. The molecule has 0 amide bonds. The van der Waals surface area contributed by atoms with Gasteiger partial charge in [-0.2, -0.15) is 4.98 Å². The van der Waals surface area contributed by atoms with Crippen LogP contribution in [0.25, 0.3) is 11.1 Å². The van der Waals surface area contributed by atoms with Crippen LogP contribution in [0.4, 0.5) is 11.5 Å². The maximum Gasteiger partial charge on any atom is 0.311 e. The molecule has 0 unspecified atom stereocenters. The third kappa shape index (κ3) is 5.09. The summed E-state index contributed by atoms with van der Waals surface area (Å²) < 4.78 is 15.9. The third-order valence-corrected chi connectivity index (χ3v) is 5.85. The average Bonchev–Trinajstić information content (AvgIpc) is 2.88. The number of benzene rings is 2. The van der Waals surface area contributed by atoms with Crippen LogP contribution >= 0.6 is 0 Å². The minimum absolute atomic E-state index is 0.0984. The number of hydrogen-bond acceptors (Lipinski definition) is 8. The number of nitro groups is 1. The highest BCUT2D eigenvalue weighted by molar-refractivity contribution is 5.73. The second kappa shape index (κ2) is 10.2. The summed E-state index contributed by atoms with van der Waals surface area (Å²) in [6.07, 6.45) is 1.09. The number of piperidine rings is 1. The van der Waals surface area contributed by atoms with Crippen LogP contribution in [-0.4, -0.2) is 43.2 Å². The van der Waals surface area contributed by atoms with Crippen molar-refractivity contribution in [3.63, 3.8) is 0 Å². The number of carbonyl (C=O) groups excluding carboxylic acids is 1. The molecule has 2 heterocycles. The zero-order valence-corrected chi connectivity index (χ0v) is 19.0. The molecular formula is C25H25N3O6. The molecule has 34 heavy (non-hydrogen) atoms. The average molecular weight is 463 g/mol. The first-order valence-electron chi connectivity index (χ1n) is 10.9. The topological polar surface area (TPSA) is 104 Å². The van der Waals surface area contributed by atoms with Crippen LogP contribution in [0.5, 0.6) is 17.4 Å². The van der Waals surface area contributed by atoms with Gasteiger partial charge in [0.05, 0.1) is 25.1 Å². The zero-order chi connectivity index (χ0) is 24.1. The zero-order valence-electron chi connectivity index (χ0n) is 19.0. The van der Waals surface area contributed by atoms with E-state index >= 15 is 0 Å². The number of hydrogen-bond donors (Lipinski definition) is 0. The van der Waals surface area contributed by atoms with Crippen LogP contribution in [0, 0.1) is 16.0 Å². The van der Waals surface area contributed by atoms with E-state index in [-0.39, 0.29) is 29.3 Å². The van der Waals surface area contributed by atoms with Crippen molar-refractivity contribution in [3.05, 3.63) is 70.8 Å². The molecule has 176 valence electrons. The lowest BCUT2D eigenvalue weighted by atomic mass is 9.97. The Labute approximate surface area is 197 Å². The van der Waals surface area contributed by atoms with E-state index in [1.807, 2.05) is 53.4 Å². The van der Waals surface area contributed by atoms with Crippen LogP contribution in [-0.2, 0) is 9.53 Å². The molecule has 0 aliphatic carbocycles. The van der Waals surface area contributed by atoms with Gasteiger partial charge in [0.1, 0.15) is 11.5 Å². The van der Waals surface area contributed by atoms with Crippen molar-refractivity contribution in [2.24, 2.45) is 5.92 Å². The largest absolute Gasteiger partial charge is 0.497 e. The summed E-state index contributed by atoms with van der Waals surface area (Å²) in [7, 11) is 2.99. The molecule has 3 aromatic rings. The number of methoxy groups -OCH3 is 2. The Balaban J connectivity index is 1.50. The molecule has 4 rings (SSSR count). The summed E-state index contributed by atoms with van der Waals surface area (Å²) in [4.78, 5) is 29.2. The van der Waals surface area contributed by atoms with E-state index in [0.29, 0.717) is 31.7 Å². The molecule has 9 nitrogen and oxygen atoms in total. The highest BCUT2D eigenvalue weighted by atomic mass is 16.6. The molecule has 1 fully saturated rings. The SMILES string of the molecule is COC(=O)C1CCN(c2nc(Oc3ccc(-c4ccc(OC)cc4)cc3)ccc2[N+](=O)[O-])CC1. The van der Waals surface area contributed by atoms with Gasteiger partial charge in [0.2, 0.25) is 11.7 Å². The summed E-state index contributed by atoms with van der Waals surface area (Å²) in [5.41, 5.74) is 1.96. The Bertz CT molecular complexity index is 1160. The van der Waals surface area contributed by atoms with Crippen molar-refractivity contribution in [2.75, 3.05) is 32.2 Å². The predicted octanol–water partition coefficient (Wildman–Crippen LogP) is 4.85. The molecule has 1 saturated heterocycles. The molecule has 1 aliphatic rings. The highest BCUT2D eigenvalue weighted by Gasteiger charge is 2.30. The molecule has 0 saturated carbocycles. The highest BCUT2D eigenvalue weighted by Crippen LogP contribution is 2.33. The fraction of sp³-hybridized carbons (Fsp3) is 0.280. The summed E-state index contributed by atoms with van der Waals surface area (Å²) in [5, 5.41) is 11.6. The number of anilines is 1. The monoisotopic (exact) mass is 463 g/mol. The van der Waals surface area contributed by atoms with Gasteiger partial charge < -0.3 is 19.1 Å². The number of pyridine rings is 1. The lowest BCUT2D eigenvalue weighted by Gasteiger charge is -2.31. The molecule has 0 N–H and O–H groups in total. The van der Waals surface area contributed by atoms with Crippen LogP contribution < -0.4 is 14.4 Å². The smallest absolute Gasteiger partial charge is 0.311 e. The maximum absolute atomic E-state index is 11.8. The van der Waals surface area contributed by atoms with Gasteiger partial charge in [0.15, 0.2) is 0 Å². The molecular weight excluding hydrogens is 438 g/mol. The lowest BCUT2D eigenvalue weighted by Crippen LogP contribution is -2.37. The fourth-order valence-corrected chi connectivity index (χ4v) is 3.97. The second-order valence-electron chi connectivity index (χ2n) is 7.89. The number of carbonyl (C=O) groups is 1. The van der Waals surface area contributed by atoms with E-state index in [9.17, 15) is 14.9 Å². The normalized spacial score (nSPS) is 13.9. The van der Waals surface area contributed by atoms with Crippen molar-refractivity contribution >= 4 is 17.5 Å². The first-order chi connectivity index (χ1) is 16.5. The lowest BCUT2D eigenvalue weighted by molar-refractivity contribution is -0.384. The molecule has 0 atom stereocenters. The van der Waals surface area contributed by atoms with Gasteiger partial charge in [0.25, 0.3) is 0 Å². The third-order valence-electron chi connectivity index (χ3n) is 5.85. The van der Waals surface area contributed by atoms with Crippen LogP contribution in [0.15, 0.2) is 60.7 Å². The summed E-state index contributed by atoms with van der Waals surface area (Å²) in [5.74, 6) is 1.39. The van der Waals surface area contributed by atoms with E-state index in [2.05, 4.69) is 4.98 Å². The van der Waals surface area contributed by atoms with E-state index in [0.717, 1.165) is 16.9 Å². The quantitative estimate of drug-likeness (QED) is 0.278. The Kier molecular flexibility index (Phi) is 6.91. The van der Waals surface area contributed by atoms with Crippen molar-refractivity contribution in [1.82, 2.24) is 4.98 Å². The van der Waals surface area contributed by atoms with E-state index in [1.165, 1.54) is 19.2 Å². The molecule has 1 aliphatic heterocycles. The molecule has 9 heteroatoms. The maximum atomic E-state index is 11.8. The molecule has 0 spiro atoms. The minimum Gasteiger partial charge on any atom is -0.497 e. The van der Waals surface area contributed by atoms with E-state index in [1.54, 1.807) is 7.11 Å². The Hall–Kier alpha value is -4.14. The van der Waals surface area contributed by atoms with Crippen LogP contribution in [0.2, 0.25) is 0 Å². The van der Waals surface area contributed by atoms with Gasteiger partial charge in [-0.1, -0.05) is 24.3 Å². The summed E-state index contributed by atoms with van der Waals surface area (Å²) in [6.45, 7) is 0.932. The van der Waals surface area contributed by atoms with E-state index < -0.39 is 4.92 Å². The fourth-order valence-electron chi connectivity index (χ4n) is 3.97. The molecule has 2 aromatic carbocycles. The van der Waals surface area contributed by atoms with E-state index in [4.69, 9.17) is 14.2 Å². The first-order valence-corrected chi connectivity index (χ1v) is 10.9. The van der Waals surface area contributed by atoms with Crippen molar-refractivity contribution in [1.29, 1.82) is 0 Å². The van der Waals surface area contributed by atoms with Crippen molar-refractivity contribution in [3.8, 4) is 28.5 Å². The second-order valence-corrected chi connectivity index (χ2v) is 7.89. The summed E-state index contributed by atoms with van der Waals surface area (Å²) in [6, 6.07) is 18.1. The van der Waals surface area contributed by atoms with Crippen molar-refractivity contribution < 1.29 is 23.9 Å². The molecule has 1 aromatic heterocycles. The van der Waals surface area contributed by atoms with Gasteiger partial charge >= 0.3 is 11.7 Å². The predicted molar refractivity (Wildman–Crippen MR) is 126 cm³/mol. The number of nitrogens with zero attached hydrogens (tertiary/aromatic N) is 3. The molecule has 0 bridgehead atoms. The number of aromatic nitrogens is 1. The van der Waals surface area contributed by atoms with Gasteiger partial charge in [-0.25, -0.2) is 0 Å². The summed E-state index contributed by atoms with van der Waals surface area (Å²) >= 11 is 0. The van der Waals surface area contributed by atoms with Gasteiger partial charge in [-0.15, -0.1) is 0 Å². The number of ether oxygens (including phenoxy) is 3. The first kappa shape index (κ1) is 23.0. The Morgan fingerprint density at radius 2 is 1.53 bits per heavy atom. The van der Waals surface area contributed by atoms with Crippen LogP contribution in [0.3, 0.4) is 0 Å². The van der Waals surface area contributed by atoms with Gasteiger partial charge in [-0.05, 0) is 48.2 Å². The Morgan fingerprint density at radius 1 is 0.941 bits per heavy atom. The standard InChI is InChI=1S/C25H25N3O6/c1-32-20-7-3-17(4-8-20)18-5-9-21(10-6-18)34-23-12-11-22(28(30)31)24(26-23)27-15-13-19(14-16-27)25(29)33-2/h3-12,19H,13-16H2,1-2H3. The van der Waals surface area contributed by atoms with Gasteiger partial charge in [0, 0.05) is 25.2 Å². The number of esters is 1. The van der Waals surface area contributed by atoms with Gasteiger partial charge in [-0.3, -0.25) is 14.9 Å². The van der Waals surface area contributed by atoms with Crippen molar-refractivity contribution in [2.45, 2.75) is 12.8 Å². The molecule has 0 radical (unpaired) electrons.